The van der Waals surface area contributed by atoms with Gasteiger partial charge in [-0.25, -0.2) is 4.79 Å². The Kier molecular flexibility index (Phi) is 4.06. The Hall–Kier alpha value is -0.730. The maximum atomic E-state index is 10.8. The maximum Gasteiger partial charge on any atom is 0.406 e. The van der Waals surface area contributed by atoms with Crippen LogP contribution in [0.25, 0.3) is 0 Å². The summed E-state index contributed by atoms with van der Waals surface area (Å²) in [5, 5.41) is 2.76. The summed E-state index contributed by atoms with van der Waals surface area (Å²) in [6.45, 7) is 3.06. The zero-order chi connectivity index (χ0) is 9.68. The molecule has 0 aromatic heterocycles. The Morgan fingerprint density at radius 3 is 2.92 bits per heavy atom. The third-order valence-corrected chi connectivity index (χ3v) is 2.77. The molecule has 0 spiro atoms. The second-order valence-electron chi connectivity index (χ2n) is 4.01. The number of hydrogen-bond acceptors (Lipinski definition) is 2. The highest BCUT2D eigenvalue weighted by Gasteiger charge is 2.19. The van der Waals surface area contributed by atoms with Crippen LogP contribution in [0.3, 0.4) is 0 Å². The first-order valence-electron chi connectivity index (χ1n) is 5.04. The molecule has 3 nitrogen and oxygen atoms in total. The summed E-state index contributed by atoms with van der Waals surface area (Å²) in [7, 11) is 1.40. The second-order valence-corrected chi connectivity index (χ2v) is 4.01. The lowest BCUT2D eigenvalue weighted by Crippen LogP contribution is -2.31. The van der Waals surface area contributed by atoms with E-state index in [0.29, 0.717) is 5.92 Å². The number of nitrogens with one attached hydrogen (secondary N) is 1. The summed E-state index contributed by atoms with van der Waals surface area (Å²) < 4.78 is 4.52. The van der Waals surface area contributed by atoms with Gasteiger partial charge in [0, 0.05) is 6.54 Å². The van der Waals surface area contributed by atoms with E-state index in [0.717, 1.165) is 12.5 Å². The van der Waals surface area contributed by atoms with Crippen molar-refractivity contribution in [3.8, 4) is 0 Å². The minimum Gasteiger partial charge on any atom is -0.453 e. The molecule has 0 aromatic rings. The lowest BCUT2D eigenvalue weighted by atomic mass is 9.82. The number of carbonyl (C=O) groups is 1. The fourth-order valence-corrected chi connectivity index (χ4v) is 2.04. The predicted octanol–water partition coefficient (Wildman–Crippen LogP) is 2.17. The van der Waals surface area contributed by atoms with Crippen molar-refractivity contribution >= 4 is 6.09 Å². The van der Waals surface area contributed by atoms with Gasteiger partial charge in [-0.3, -0.25) is 0 Å². The summed E-state index contributed by atoms with van der Waals surface area (Å²) in [5.74, 6) is 1.47. The normalized spacial score (nSPS) is 28.2. The van der Waals surface area contributed by atoms with Crippen LogP contribution in [0.2, 0.25) is 0 Å². The van der Waals surface area contributed by atoms with Crippen LogP contribution < -0.4 is 5.32 Å². The summed E-state index contributed by atoms with van der Waals surface area (Å²) in [6, 6.07) is 0. The van der Waals surface area contributed by atoms with E-state index in [-0.39, 0.29) is 6.09 Å². The van der Waals surface area contributed by atoms with Crippen LogP contribution in [0, 0.1) is 11.8 Å². The maximum absolute atomic E-state index is 10.8. The Bertz CT molecular complexity index is 170. The first-order valence-corrected chi connectivity index (χ1v) is 5.04. The summed E-state index contributed by atoms with van der Waals surface area (Å²) in [5.41, 5.74) is 0. The number of alkyl carbamates (subject to hydrolysis) is 1. The minimum atomic E-state index is -0.307. The zero-order valence-electron chi connectivity index (χ0n) is 8.51. The van der Waals surface area contributed by atoms with Gasteiger partial charge < -0.3 is 10.1 Å². The number of ether oxygens (including phenoxy) is 1. The van der Waals surface area contributed by atoms with Crippen LogP contribution in [0.5, 0.6) is 0 Å². The van der Waals surface area contributed by atoms with Crippen LogP contribution in [0.1, 0.15) is 32.6 Å². The molecule has 1 amide bonds. The van der Waals surface area contributed by atoms with Crippen molar-refractivity contribution in [3.63, 3.8) is 0 Å². The molecule has 13 heavy (non-hydrogen) atoms. The number of amides is 1. The van der Waals surface area contributed by atoms with E-state index < -0.39 is 0 Å². The molecule has 1 fully saturated rings. The lowest BCUT2D eigenvalue weighted by Gasteiger charge is -2.26. The van der Waals surface area contributed by atoms with Gasteiger partial charge >= 0.3 is 6.09 Å². The number of methoxy groups -OCH3 is 1. The van der Waals surface area contributed by atoms with Crippen LogP contribution >= 0.6 is 0 Å². The third kappa shape index (κ3) is 3.66. The van der Waals surface area contributed by atoms with Gasteiger partial charge in [0.05, 0.1) is 7.11 Å². The lowest BCUT2D eigenvalue weighted by molar-refractivity contribution is 0.166. The Morgan fingerprint density at radius 1 is 1.54 bits per heavy atom. The van der Waals surface area contributed by atoms with E-state index in [4.69, 9.17) is 0 Å². The first kappa shape index (κ1) is 10.4. The van der Waals surface area contributed by atoms with Crippen molar-refractivity contribution in [2.45, 2.75) is 32.6 Å². The van der Waals surface area contributed by atoms with Crippen molar-refractivity contribution in [2.24, 2.45) is 11.8 Å². The largest absolute Gasteiger partial charge is 0.453 e. The van der Waals surface area contributed by atoms with Crippen molar-refractivity contribution < 1.29 is 9.53 Å². The predicted molar refractivity (Wildman–Crippen MR) is 51.5 cm³/mol. The van der Waals surface area contributed by atoms with Gasteiger partial charge in [-0.05, 0) is 24.7 Å². The van der Waals surface area contributed by atoms with Gasteiger partial charge in [0.15, 0.2) is 0 Å². The van der Waals surface area contributed by atoms with Gasteiger partial charge in [0.1, 0.15) is 0 Å². The molecular weight excluding hydrogens is 166 g/mol. The third-order valence-electron chi connectivity index (χ3n) is 2.77. The molecule has 2 unspecified atom stereocenters. The standard InChI is InChI=1S/C10H19NO2/c1-8-4-3-5-9(6-8)7-11-10(12)13-2/h8-9H,3-7H2,1-2H3,(H,11,12). The quantitative estimate of drug-likeness (QED) is 0.716. The summed E-state index contributed by atoms with van der Waals surface area (Å²) in [6.07, 6.45) is 4.82. The molecule has 1 aliphatic carbocycles. The van der Waals surface area contributed by atoms with Gasteiger partial charge in [0.2, 0.25) is 0 Å². The van der Waals surface area contributed by atoms with Crippen molar-refractivity contribution in [1.29, 1.82) is 0 Å². The van der Waals surface area contributed by atoms with E-state index in [1.54, 1.807) is 0 Å². The zero-order valence-corrected chi connectivity index (χ0v) is 8.51. The second kappa shape index (κ2) is 5.10. The van der Waals surface area contributed by atoms with Crippen LogP contribution in [0.15, 0.2) is 0 Å². The average Bonchev–Trinajstić information content (AvgIpc) is 2.14. The van der Waals surface area contributed by atoms with Crippen LogP contribution in [-0.2, 0) is 4.74 Å². The van der Waals surface area contributed by atoms with Crippen molar-refractivity contribution in [1.82, 2.24) is 5.32 Å². The first-order chi connectivity index (χ1) is 6.22. The molecule has 0 aliphatic heterocycles. The molecule has 0 radical (unpaired) electrons. The Labute approximate surface area is 79.8 Å². The Balaban J connectivity index is 2.17. The van der Waals surface area contributed by atoms with Crippen LogP contribution in [-0.4, -0.2) is 19.7 Å². The van der Waals surface area contributed by atoms with E-state index in [9.17, 15) is 4.79 Å². The molecule has 1 saturated carbocycles. The van der Waals surface area contributed by atoms with Gasteiger partial charge in [-0.15, -0.1) is 0 Å². The van der Waals surface area contributed by atoms with E-state index in [1.807, 2.05) is 0 Å². The number of rotatable bonds is 2. The molecule has 1 N–H and O–H groups in total. The molecule has 0 saturated heterocycles. The minimum absolute atomic E-state index is 0.307. The highest BCUT2D eigenvalue weighted by atomic mass is 16.5. The van der Waals surface area contributed by atoms with Gasteiger partial charge in [-0.2, -0.15) is 0 Å². The molecule has 0 bridgehead atoms. The molecule has 0 heterocycles. The van der Waals surface area contributed by atoms with E-state index >= 15 is 0 Å². The SMILES string of the molecule is COC(=O)NCC1CCCC(C)C1. The Morgan fingerprint density at radius 2 is 2.31 bits per heavy atom. The fourth-order valence-electron chi connectivity index (χ4n) is 2.04. The monoisotopic (exact) mass is 185 g/mol. The van der Waals surface area contributed by atoms with E-state index in [1.165, 1.54) is 32.8 Å². The van der Waals surface area contributed by atoms with Crippen molar-refractivity contribution in [3.05, 3.63) is 0 Å². The summed E-state index contributed by atoms with van der Waals surface area (Å²) in [4.78, 5) is 10.8. The molecule has 2 atom stereocenters. The molecule has 0 aromatic carbocycles. The summed E-state index contributed by atoms with van der Waals surface area (Å²) >= 11 is 0. The topological polar surface area (TPSA) is 38.3 Å². The van der Waals surface area contributed by atoms with Gasteiger partial charge in [0.25, 0.3) is 0 Å². The number of carbonyl (C=O) groups excluding carboxylic acids is 1. The molecule has 1 aliphatic rings. The smallest absolute Gasteiger partial charge is 0.406 e. The molecular formula is C10H19NO2. The van der Waals surface area contributed by atoms with Gasteiger partial charge in [-0.1, -0.05) is 19.8 Å². The fraction of sp³-hybridized carbons (Fsp3) is 0.900. The average molecular weight is 185 g/mol. The van der Waals surface area contributed by atoms with Crippen molar-refractivity contribution in [2.75, 3.05) is 13.7 Å². The highest BCUT2D eigenvalue weighted by molar-refractivity contribution is 5.66. The van der Waals surface area contributed by atoms with E-state index in [2.05, 4.69) is 17.0 Å². The van der Waals surface area contributed by atoms with Crippen LogP contribution in [0.4, 0.5) is 4.79 Å². The molecule has 1 rings (SSSR count). The molecule has 3 heteroatoms. The molecule has 76 valence electrons. The number of hydrogen-bond donors (Lipinski definition) is 1. The highest BCUT2D eigenvalue weighted by Crippen LogP contribution is 2.27.